The number of imidazole rings is 1. The number of hydrogen-bond donors (Lipinski definition) is 2. The van der Waals surface area contributed by atoms with Crippen molar-refractivity contribution in [2.24, 2.45) is 5.92 Å². The molecule has 0 radical (unpaired) electrons. The molecular formula is C18H26ClN5O. The Labute approximate surface area is 153 Å². The van der Waals surface area contributed by atoms with E-state index in [0.717, 1.165) is 42.4 Å². The molecule has 2 amide bonds. The summed E-state index contributed by atoms with van der Waals surface area (Å²) in [6.07, 6.45) is 2.57. The fourth-order valence-electron chi connectivity index (χ4n) is 3.35. The van der Waals surface area contributed by atoms with Gasteiger partial charge in [0.1, 0.15) is 5.82 Å². The number of halogens is 1. The van der Waals surface area contributed by atoms with Gasteiger partial charge in [-0.2, -0.15) is 0 Å². The maximum atomic E-state index is 12.3. The van der Waals surface area contributed by atoms with Crippen molar-refractivity contribution in [2.75, 3.05) is 33.2 Å². The van der Waals surface area contributed by atoms with E-state index in [9.17, 15) is 4.79 Å². The van der Waals surface area contributed by atoms with Crippen LogP contribution in [-0.4, -0.2) is 59.0 Å². The fraction of sp³-hybridized carbons (Fsp3) is 0.556. The molecule has 1 aromatic carbocycles. The van der Waals surface area contributed by atoms with Gasteiger partial charge in [-0.3, -0.25) is 0 Å². The van der Waals surface area contributed by atoms with Gasteiger partial charge < -0.3 is 20.1 Å². The monoisotopic (exact) mass is 363 g/mol. The van der Waals surface area contributed by atoms with Crippen LogP contribution < -0.4 is 5.32 Å². The number of hydrogen-bond acceptors (Lipinski definition) is 3. The number of nitrogens with one attached hydrogen (secondary N) is 2. The Morgan fingerprint density at radius 3 is 3.16 bits per heavy atom. The third kappa shape index (κ3) is 4.86. The number of amides is 2. The highest BCUT2D eigenvalue weighted by Crippen LogP contribution is 2.17. The third-order valence-electron chi connectivity index (χ3n) is 4.67. The number of aromatic amines is 1. The maximum absolute atomic E-state index is 12.3. The first-order chi connectivity index (χ1) is 12.0. The molecule has 0 aliphatic carbocycles. The Bertz CT molecular complexity index is 731. The Kier molecular flexibility index (Phi) is 5.81. The number of likely N-dealkylation sites (tertiary alicyclic amines) is 1. The Morgan fingerprint density at radius 2 is 2.36 bits per heavy atom. The summed E-state index contributed by atoms with van der Waals surface area (Å²) in [7, 11) is 1.78. The van der Waals surface area contributed by atoms with Crippen molar-refractivity contribution in [3.05, 3.63) is 29.0 Å². The normalized spacial score (nSPS) is 18.4. The lowest BCUT2D eigenvalue weighted by Gasteiger charge is -2.30. The molecule has 1 aliphatic heterocycles. The average molecular weight is 364 g/mol. The zero-order valence-corrected chi connectivity index (χ0v) is 15.6. The first-order valence-electron chi connectivity index (χ1n) is 8.87. The van der Waals surface area contributed by atoms with Gasteiger partial charge >= 0.3 is 6.03 Å². The van der Waals surface area contributed by atoms with Crippen LogP contribution in [-0.2, 0) is 6.54 Å². The van der Waals surface area contributed by atoms with Gasteiger partial charge in [-0.25, -0.2) is 9.78 Å². The van der Waals surface area contributed by atoms with Gasteiger partial charge in [0.2, 0.25) is 0 Å². The molecule has 0 spiro atoms. The van der Waals surface area contributed by atoms with Gasteiger partial charge in [-0.05, 0) is 43.5 Å². The lowest BCUT2D eigenvalue weighted by molar-refractivity contribution is 0.178. The summed E-state index contributed by atoms with van der Waals surface area (Å²) >= 11 is 5.99. The molecule has 6 nitrogen and oxygen atoms in total. The lowest BCUT2D eigenvalue weighted by Crippen LogP contribution is -2.43. The Morgan fingerprint density at radius 1 is 1.52 bits per heavy atom. The highest BCUT2D eigenvalue weighted by Gasteiger charge is 2.16. The molecule has 0 saturated carbocycles. The molecular weight excluding hydrogens is 338 g/mol. The van der Waals surface area contributed by atoms with Crippen LogP contribution in [0.3, 0.4) is 0 Å². The summed E-state index contributed by atoms with van der Waals surface area (Å²) in [5.41, 5.74) is 1.74. The van der Waals surface area contributed by atoms with E-state index in [1.165, 1.54) is 12.8 Å². The predicted octanol–water partition coefficient (Wildman–Crippen LogP) is 3.09. The molecule has 0 bridgehead atoms. The largest absolute Gasteiger partial charge is 0.340 e. The molecule has 1 aliphatic rings. The van der Waals surface area contributed by atoms with E-state index in [0.29, 0.717) is 18.1 Å². The molecule has 7 heteroatoms. The molecule has 1 aromatic heterocycles. The highest BCUT2D eigenvalue weighted by molar-refractivity contribution is 6.31. The zero-order valence-electron chi connectivity index (χ0n) is 14.9. The van der Waals surface area contributed by atoms with Crippen LogP contribution in [0.4, 0.5) is 4.79 Å². The van der Waals surface area contributed by atoms with Gasteiger partial charge in [0.15, 0.2) is 0 Å². The van der Waals surface area contributed by atoms with E-state index in [1.54, 1.807) is 11.9 Å². The number of piperidine rings is 1. The van der Waals surface area contributed by atoms with Crippen molar-refractivity contribution in [3.8, 4) is 0 Å². The van der Waals surface area contributed by atoms with Crippen LogP contribution in [0.25, 0.3) is 11.0 Å². The fourth-order valence-corrected chi connectivity index (χ4v) is 3.52. The van der Waals surface area contributed by atoms with Crippen LogP contribution in [0.2, 0.25) is 5.02 Å². The second-order valence-corrected chi connectivity index (χ2v) is 7.42. The third-order valence-corrected chi connectivity index (χ3v) is 4.91. The van der Waals surface area contributed by atoms with E-state index < -0.39 is 0 Å². The minimum atomic E-state index is -0.0800. The van der Waals surface area contributed by atoms with Crippen molar-refractivity contribution < 1.29 is 4.79 Å². The molecule has 136 valence electrons. The number of carbonyl (C=O) groups excluding carboxylic acids is 1. The SMILES string of the molecule is CC1CCCN(CCNC(=O)N(C)Cc2nc3ccc(Cl)cc3[nH]2)C1. The Hall–Kier alpha value is -1.79. The molecule has 1 atom stereocenters. The highest BCUT2D eigenvalue weighted by atomic mass is 35.5. The van der Waals surface area contributed by atoms with Crippen LogP contribution in [0, 0.1) is 5.92 Å². The molecule has 2 aromatic rings. The van der Waals surface area contributed by atoms with Crippen LogP contribution in [0.5, 0.6) is 0 Å². The molecule has 2 heterocycles. The van der Waals surface area contributed by atoms with Crippen LogP contribution in [0.1, 0.15) is 25.6 Å². The number of carbonyl (C=O) groups is 1. The number of aromatic nitrogens is 2. The van der Waals surface area contributed by atoms with E-state index in [-0.39, 0.29) is 6.03 Å². The lowest BCUT2D eigenvalue weighted by atomic mass is 10.0. The minimum Gasteiger partial charge on any atom is -0.340 e. The molecule has 3 rings (SSSR count). The maximum Gasteiger partial charge on any atom is 0.317 e. The van der Waals surface area contributed by atoms with Crippen molar-refractivity contribution in [3.63, 3.8) is 0 Å². The predicted molar refractivity (Wildman–Crippen MR) is 101 cm³/mol. The molecule has 1 saturated heterocycles. The number of urea groups is 1. The summed E-state index contributed by atoms with van der Waals surface area (Å²) in [4.78, 5) is 24.0. The summed E-state index contributed by atoms with van der Waals surface area (Å²) < 4.78 is 0. The van der Waals surface area contributed by atoms with E-state index in [2.05, 4.69) is 27.1 Å². The van der Waals surface area contributed by atoms with Gasteiger partial charge in [0.25, 0.3) is 0 Å². The van der Waals surface area contributed by atoms with E-state index >= 15 is 0 Å². The van der Waals surface area contributed by atoms with Crippen molar-refractivity contribution in [1.29, 1.82) is 0 Å². The summed E-state index contributed by atoms with van der Waals surface area (Å²) in [6, 6.07) is 5.44. The molecule has 1 fully saturated rings. The van der Waals surface area contributed by atoms with Gasteiger partial charge in [0, 0.05) is 31.7 Å². The van der Waals surface area contributed by atoms with Crippen molar-refractivity contribution in [1.82, 2.24) is 25.1 Å². The average Bonchev–Trinajstić information content (AvgIpc) is 2.96. The van der Waals surface area contributed by atoms with Gasteiger partial charge in [-0.15, -0.1) is 0 Å². The Balaban J connectivity index is 1.46. The quantitative estimate of drug-likeness (QED) is 0.858. The van der Waals surface area contributed by atoms with E-state index in [1.807, 2.05) is 18.2 Å². The van der Waals surface area contributed by atoms with Gasteiger partial charge in [0.05, 0.1) is 17.6 Å². The number of H-pyrrole nitrogens is 1. The van der Waals surface area contributed by atoms with E-state index in [4.69, 9.17) is 11.6 Å². The number of nitrogens with zero attached hydrogens (tertiary/aromatic N) is 3. The summed E-state index contributed by atoms with van der Waals surface area (Å²) in [5, 5.41) is 3.66. The standard InChI is InChI=1S/C18H26ClN5O/c1-13-4-3-8-24(11-13)9-7-20-18(25)23(2)12-17-21-15-6-5-14(19)10-16(15)22-17/h5-6,10,13H,3-4,7-9,11-12H2,1-2H3,(H,20,25)(H,21,22). The first-order valence-corrected chi connectivity index (χ1v) is 9.24. The van der Waals surface area contributed by atoms with Crippen molar-refractivity contribution in [2.45, 2.75) is 26.3 Å². The topological polar surface area (TPSA) is 64.3 Å². The van der Waals surface area contributed by atoms with Crippen LogP contribution >= 0.6 is 11.6 Å². The second-order valence-electron chi connectivity index (χ2n) is 6.98. The number of fused-ring (bicyclic) bond motifs is 1. The first kappa shape index (κ1) is 18.0. The van der Waals surface area contributed by atoms with Gasteiger partial charge in [-0.1, -0.05) is 18.5 Å². The van der Waals surface area contributed by atoms with Crippen molar-refractivity contribution >= 4 is 28.7 Å². The number of benzene rings is 1. The number of rotatable bonds is 5. The second kappa shape index (κ2) is 8.06. The minimum absolute atomic E-state index is 0.0800. The summed E-state index contributed by atoms with van der Waals surface area (Å²) in [6.45, 7) is 6.57. The van der Waals surface area contributed by atoms with Crippen LogP contribution in [0.15, 0.2) is 18.2 Å². The molecule has 25 heavy (non-hydrogen) atoms. The smallest absolute Gasteiger partial charge is 0.317 e. The molecule has 1 unspecified atom stereocenters. The summed E-state index contributed by atoms with van der Waals surface area (Å²) in [5.74, 6) is 1.51. The molecule has 2 N–H and O–H groups in total. The zero-order chi connectivity index (χ0) is 17.8.